The molecule has 0 unspecified atom stereocenters. The fourth-order valence-corrected chi connectivity index (χ4v) is 3.72. The molecule has 0 radical (unpaired) electrons. The topological polar surface area (TPSA) is 70.0 Å². The van der Waals surface area contributed by atoms with Crippen LogP contribution in [0.15, 0.2) is 71.3 Å². The zero-order valence-corrected chi connectivity index (χ0v) is 14.3. The summed E-state index contributed by atoms with van der Waals surface area (Å²) in [5.74, 6) is -0.268. The third kappa shape index (κ3) is 3.98. The molecule has 124 valence electrons. The highest BCUT2D eigenvalue weighted by Crippen LogP contribution is 2.35. The first-order chi connectivity index (χ1) is 12.2. The Bertz CT molecular complexity index is 854. The molecule has 0 saturated carbocycles. The number of nitriles is 1. The van der Waals surface area contributed by atoms with E-state index in [1.165, 1.54) is 11.8 Å². The standard InChI is InChI=1S/C20H16N2O2S/c21-12-17-16(14-7-3-1-4-8-14)11-19(24)22-20(17)25-13-18(23)15-9-5-2-6-10-15/h1-10,16H,11,13H2,(H,22,24)/t16-/m0/s1. The molecule has 2 aromatic rings. The van der Waals surface area contributed by atoms with Crippen molar-refractivity contribution in [3.8, 4) is 6.07 Å². The first-order valence-electron chi connectivity index (χ1n) is 7.89. The lowest BCUT2D eigenvalue weighted by molar-refractivity contribution is -0.120. The van der Waals surface area contributed by atoms with E-state index in [-0.39, 0.29) is 29.8 Å². The highest BCUT2D eigenvalue weighted by atomic mass is 32.2. The van der Waals surface area contributed by atoms with Crippen molar-refractivity contribution in [3.05, 3.63) is 82.4 Å². The Morgan fingerprint density at radius 2 is 1.76 bits per heavy atom. The number of amides is 1. The summed E-state index contributed by atoms with van der Waals surface area (Å²) in [4.78, 5) is 24.4. The van der Waals surface area contributed by atoms with Gasteiger partial charge in [0.05, 0.1) is 22.4 Å². The number of nitrogens with one attached hydrogen (secondary N) is 1. The molecule has 1 N–H and O–H groups in total. The fourth-order valence-electron chi connectivity index (χ4n) is 2.75. The second-order valence-corrected chi connectivity index (χ2v) is 6.63. The Hall–Kier alpha value is -2.84. The Labute approximate surface area is 150 Å². The van der Waals surface area contributed by atoms with Gasteiger partial charge in [0.2, 0.25) is 5.91 Å². The van der Waals surface area contributed by atoms with Crippen LogP contribution in [0.1, 0.15) is 28.3 Å². The van der Waals surface area contributed by atoms with Gasteiger partial charge in [-0.1, -0.05) is 72.4 Å². The Kier molecular flexibility index (Phi) is 5.32. The van der Waals surface area contributed by atoms with Crippen molar-refractivity contribution in [3.63, 3.8) is 0 Å². The van der Waals surface area contributed by atoms with Crippen molar-refractivity contribution < 1.29 is 9.59 Å². The Morgan fingerprint density at radius 3 is 2.40 bits per heavy atom. The lowest BCUT2D eigenvalue weighted by Crippen LogP contribution is -2.31. The smallest absolute Gasteiger partial charge is 0.225 e. The molecule has 1 aliphatic rings. The SMILES string of the molecule is N#CC1=C(SCC(=O)c2ccccc2)NC(=O)C[C@H]1c1ccccc1. The van der Waals surface area contributed by atoms with Crippen LogP contribution in [0, 0.1) is 11.3 Å². The predicted octanol–water partition coefficient (Wildman–Crippen LogP) is 3.64. The first kappa shape index (κ1) is 17.0. The molecule has 1 heterocycles. The molecule has 1 amide bonds. The van der Waals surface area contributed by atoms with E-state index in [1.807, 2.05) is 48.5 Å². The molecule has 0 fully saturated rings. The van der Waals surface area contributed by atoms with Crippen LogP contribution in [0.5, 0.6) is 0 Å². The van der Waals surface area contributed by atoms with Crippen LogP contribution in [-0.4, -0.2) is 17.4 Å². The minimum Gasteiger partial charge on any atom is -0.320 e. The average molecular weight is 348 g/mol. The second-order valence-electron chi connectivity index (χ2n) is 5.65. The molecule has 0 aromatic heterocycles. The summed E-state index contributed by atoms with van der Waals surface area (Å²) in [6.07, 6.45) is 0.240. The number of rotatable bonds is 5. The van der Waals surface area contributed by atoms with E-state index in [9.17, 15) is 14.9 Å². The summed E-state index contributed by atoms with van der Waals surface area (Å²) in [5.41, 5.74) is 2.06. The summed E-state index contributed by atoms with van der Waals surface area (Å²) < 4.78 is 0. The first-order valence-corrected chi connectivity index (χ1v) is 8.87. The molecule has 3 rings (SSSR count). The molecule has 4 nitrogen and oxygen atoms in total. The number of nitrogens with zero attached hydrogens (tertiary/aromatic N) is 1. The number of Topliss-reactive ketones (excluding diaryl/α,β-unsaturated/α-hetero) is 1. The third-order valence-corrected chi connectivity index (χ3v) is 5.02. The number of ketones is 1. The molecule has 0 bridgehead atoms. The number of carbonyl (C=O) groups excluding carboxylic acids is 2. The maximum absolute atomic E-state index is 12.3. The molecule has 5 heteroatoms. The Balaban J connectivity index is 1.82. The molecule has 25 heavy (non-hydrogen) atoms. The minimum absolute atomic E-state index is 0.0357. The summed E-state index contributed by atoms with van der Waals surface area (Å²) in [7, 11) is 0. The summed E-state index contributed by atoms with van der Waals surface area (Å²) in [5, 5.41) is 12.8. The van der Waals surface area contributed by atoms with Gasteiger partial charge in [-0.05, 0) is 5.56 Å². The molecule has 1 aliphatic heterocycles. The van der Waals surface area contributed by atoms with Gasteiger partial charge in [-0.2, -0.15) is 5.26 Å². The number of hydrogen-bond acceptors (Lipinski definition) is 4. The Morgan fingerprint density at radius 1 is 1.12 bits per heavy atom. The quantitative estimate of drug-likeness (QED) is 0.838. The second kappa shape index (κ2) is 7.82. The lowest BCUT2D eigenvalue weighted by Gasteiger charge is -2.25. The molecule has 0 spiro atoms. The number of benzene rings is 2. The predicted molar refractivity (Wildman–Crippen MR) is 97.8 cm³/mol. The van der Waals surface area contributed by atoms with Crippen LogP contribution in [0.3, 0.4) is 0 Å². The van der Waals surface area contributed by atoms with Gasteiger partial charge in [0.25, 0.3) is 0 Å². The van der Waals surface area contributed by atoms with E-state index < -0.39 is 0 Å². The van der Waals surface area contributed by atoms with Crippen molar-refractivity contribution in [2.75, 3.05) is 5.75 Å². The molecular formula is C20H16N2O2S. The van der Waals surface area contributed by atoms with E-state index in [0.717, 1.165) is 5.56 Å². The van der Waals surface area contributed by atoms with Gasteiger partial charge in [-0.15, -0.1) is 0 Å². The summed E-state index contributed by atoms with van der Waals surface area (Å²) >= 11 is 1.21. The van der Waals surface area contributed by atoms with E-state index in [2.05, 4.69) is 11.4 Å². The maximum atomic E-state index is 12.3. The van der Waals surface area contributed by atoms with E-state index in [1.54, 1.807) is 12.1 Å². The van der Waals surface area contributed by atoms with Gasteiger partial charge in [0, 0.05) is 17.9 Å². The number of allylic oxidation sites excluding steroid dienone is 1. The third-order valence-electron chi connectivity index (χ3n) is 4.00. The number of hydrogen-bond donors (Lipinski definition) is 1. The fraction of sp³-hybridized carbons (Fsp3) is 0.150. The molecule has 2 aromatic carbocycles. The number of thioether (sulfide) groups is 1. The van der Waals surface area contributed by atoms with Gasteiger partial charge in [-0.3, -0.25) is 9.59 Å². The molecular weight excluding hydrogens is 332 g/mol. The zero-order valence-electron chi connectivity index (χ0n) is 13.4. The van der Waals surface area contributed by atoms with Crippen molar-refractivity contribution in [2.45, 2.75) is 12.3 Å². The van der Waals surface area contributed by atoms with E-state index >= 15 is 0 Å². The van der Waals surface area contributed by atoms with E-state index in [4.69, 9.17) is 0 Å². The largest absolute Gasteiger partial charge is 0.320 e. The monoisotopic (exact) mass is 348 g/mol. The lowest BCUT2D eigenvalue weighted by atomic mass is 9.87. The van der Waals surface area contributed by atoms with E-state index in [0.29, 0.717) is 16.2 Å². The van der Waals surface area contributed by atoms with Crippen LogP contribution in [-0.2, 0) is 4.79 Å². The zero-order chi connectivity index (χ0) is 17.6. The molecule has 0 saturated heterocycles. The van der Waals surface area contributed by atoms with Gasteiger partial charge in [0.1, 0.15) is 0 Å². The highest BCUT2D eigenvalue weighted by molar-refractivity contribution is 8.03. The highest BCUT2D eigenvalue weighted by Gasteiger charge is 2.29. The van der Waals surface area contributed by atoms with Crippen molar-refractivity contribution in [1.29, 1.82) is 5.26 Å². The van der Waals surface area contributed by atoms with Crippen LogP contribution >= 0.6 is 11.8 Å². The van der Waals surface area contributed by atoms with Gasteiger partial charge >= 0.3 is 0 Å². The van der Waals surface area contributed by atoms with Crippen molar-refractivity contribution >= 4 is 23.5 Å². The van der Waals surface area contributed by atoms with Gasteiger partial charge < -0.3 is 5.32 Å². The normalized spacial score (nSPS) is 16.9. The summed E-state index contributed by atoms with van der Waals surface area (Å²) in [6.45, 7) is 0. The van der Waals surface area contributed by atoms with Gasteiger partial charge in [0.15, 0.2) is 5.78 Å². The van der Waals surface area contributed by atoms with Crippen LogP contribution in [0.4, 0.5) is 0 Å². The maximum Gasteiger partial charge on any atom is 0.225 e. The van der Waals surface area contributed by atoms with Crippen molar-refractivity contribution in [1.82, 2.24) is 5.32 Å². The molecule has 1 atom stereocenters. The average Bonchev–Trinajstić information content (AvgIpc) is 2.67. The van der Waals surface area contributed by atoms with Gasteiger partial charge in [-0.25, -0.2) is 0 Å². The number of carbonyl (C=O) groups is 2. The molecule has 0 aliphatic carbocycles. The van der Waals surface area contributed by atoms with Crippen molar-refractivity contribution in [2.24, 2.45) is 0 Å². The minimum atomic E-state index is -0.269. The van der Waals surface area contributed by atoms with Crippen LogP contribution in [0.25, 0.3) is 0 Å². The summed E-state index contributed by atoms with van der Waals surface area (Å²) in [6, 6.07) is 20.7. The van der Waals surface area contributed by atoms with Crippen LogP contribution < -0.4 is 5.32 Å². The van der Waals surface area contributed by atoms with Crippen LogP contribution in [0.2, 0.25) is 0 Å².